The molecule has 4 atom stereocenters. The molecule has 0 radical (unpaired) electrons. The van der Waals surface area contributed by atoms with Crippen LogP contribution in [0.4, 0.5) is 5.82 Å². The first-order valence-corrected chi connectivity index (χ1v) is 7.96. The van der Waals surface area contributed by atoms with Gasteiger partial charge in [-0.25, -0.2) is 19.5 Å². The van der Waals surface area contributed by atoms with Crippen molar-refractivity contribution in [2.45, 2.75) is 24.5 Å². The van der Waals surface area contributed by atoms with Crippen molar-refractivity contribution in [3.63, 3.8) is 0 Å². The Labute approximate surface area is 128 Å². The molecule has 6 N–H and O–H groups in total. The number of aliphatic hydroxyl groups excluding tert-OH is 2. The van der Waals surface area contributed by atoms with Gasteiger partial charge >= 0.3 is 7.82 Å². The lowest BCUT2D eigenvalue weighted by molar-refractivity contribution is -0.0505. The van der Waals surface area contributed by atoms with E-state index in [-0.39, 0.29) is 17.0 Å². The van der Waals surface area contributed by atoms with Crippen molar-refractivity contribution in [1.82, 2.24) is 19.5 Å². The molecule has 1 saturated heterocycles. The van der Waals surface area contributed by atoms with Crippen molar-refractivity contribution in [1.29, 1.82) is 0 Å². The normalized spacial score (nSPS) is 28.5. The number of fused-ring (bicyclic) bond motifs is 1. The first-order valence-electron chi connectivity index (χ1n) is 6.43. The van der Waals surface area contributed by atoms with E-state index in [1.165, 1.54) is 17.2 Å². The Morgan fingerprint density at radius 1 is 1.39 bits per heavy atom. The van der Waals surface area contributed by atoms with Gasteiger partial charge in [-0.05, 0) is 0 Å². The van der Waals surface area contributed by atoms with Crippen molar-refractivity contribution in [2.75, 3.05) is 12.3 Å². The van der Waals surface area contributed by atoms with Gasteiger partial charge in [0.15, 0.2) is 17.7 Å². The molecule has 0 amide bonds. The molecular weight excluding hydrogens is 333 g/mol. The minimum Gasteiger partial charge on any atom is -0.394 e. The third-order valence-corrected chi connectivity index (χ3v) is 3.93. The van der Waals surface area contributed by atoms with Crippen molar-refractivity contribution < 1.29 is 33.8 Å². The third kappa shape index (κ3) is 2.93. The minimum atomic E-state index is -4.91. The van der Waals surface area contributed by atoms with E-state index in [0.29, 0.717) is 0 Å². The molecule has 1 aliphatic rings. The zero-order valence-corrected chi connectivity index (χ0v) is 12.4. The topological polar surface area (TPSA) is 186 Å². The number of hydrogen-bond acceptors (Lipinski definition) is 9. The molecule has 2 unspecified atom stereocenters. The molecule has 3 heterocycles. The summed E-state index contributed by atoms with van der Waals surface area (Å²) in [5.74, 6) is 0.110. The highest BCUT2D eigenvalue weighted by Gasteiger charge is 2.48. The number of nitrogens with zero attached hydrogens (tertiary/aromatic N) is 4. The lowest BCUT2D eigenvalue weighted by Crippen LogP contribution is -2.34. The van der Waals surface area contributed by atoms with Gasteiger partial charge < -0.3 is 30.5 Å². The fourth-order valence-corrected chi connectivity index (χ4v) is 2.97. The zero-order chi connectivity index (χ0) is 16.8. The van der Waals surface area contributed by atoms with Gasteiger partial charge in [-0.2, -0.15) is 0 Å². The van der Waals surface area contributed by atoms with E-state index in [4.69, 9.17) is 20.3 Å². The Balaban J connectivity index is 2.04. The number of ether oxygens (including phenoxy) is 1. The van der Waals surface area contributed by atoms with E-state index in [2.05, 4.69) is 19.5 Å². The summed E-state index contributed by atoms with van der Waals surface area (Å²) >= 11 is 0. The number of phosphoric acid groups is 1. The Bertz CT molecular complexity index is 763. The van der Waals surface area contributed by atoms with Crippen LogP contribution in [0.1, 0.15) is 6.23 Å². The van der Waals surface area contributed by atoms with E-state index in [0.717, 1.165) is 0 Å². The Morgan fingerprint density at radius 2 is 2.13 bits per heavy atom. The molecule has 3 rings (SSSR count). The van der Waals surface area contributed by atoms with Gasteiger partial charge in [-0.15, -0.1) is 0 Å². The number of hydrogen-bond donors (Lipinski definition) is 5. The van der Waals surface area contributed by atoms with E-state index < -0.39 is 39.0 Å². The lowest BCUT2D eigenvalue weighted by atomic mass is 10.1. The van der Waals surface area contributed by atoms with Crippen LogP contribution in [0.3, 0.4) is 0 Å². The van der Waals surface area contributed by atoms with Gasteiger partial charge in [0, 0.05) is 0 Å². The van der Waals surface area contributed by atoms with E-state index >= 15 is 0 Å². The molecule has 1 aliphatic heterocycles. The van der Waals surface area contributed by atoms with Gasteiger partial charge in [0.25, 0.3) is 0 Å². The fourth-order valence-electron chi connectivity index (χ4n) is 2.42. The molecule has 126 valence electrons. The molecule has 0 bridgehead atoms. The lowest BCUT2D eigenvalue weighted by Gasteiger charge is -2.21. The van der Waals surface area contributed by atoms with E-state index in [9.17, 15) is 14.8 Å². The van der Waals surface area contributed by atoms with Crippen molar-refractivity contribution in [3.05, 3.63) is 12.7 Å². The summed E-state index contributed by atoms with van der Waals surface area (Å²) in [6.07, 6.45) is -2.72. The van der Waals surface area contributed by atoms with Crippen LogP contribution in [0.5, 0.6) is 0 Å². The molecule has 12 nitrogen and oxygen atoms in total. The molecule has 2 aromatic rings. The summed E-state index contributed by atoms with van der Waals surface area (Å²) in [5.41, 5.74) is 6.16. The predicted octanol–water partition coefficient (Wildman–Crippen LogP) is -1.86. The second-order valence-electron chi connectivity index (χ2n) is 4.88. The van der Waals surface area contributed by atoms with Crippen LogP contribution in [-0.2, 0) is 13.8 Å². The number of nitrogens with two attached hydrogens (primary N) is 1. The molecule has 0 saturated carbocycles. The molecule has 0 aliphatic carbocycles. The summed E-state index contributed by atoms with van der Waals surface area (Å²) in [6.45, 7) is -0.567. The molecular formula is C10H14N5O7P. The number of phosphoric ester groups is 1. The summed E-state index contributed by atoms with van der Waals surface area (Å²) < 4.78 is 22.5. The predicted molar refractivity (Wildman–Crippen MR) is 73.7 cm³/mol. The molecule has 1 fully saturated rings. The van der Waals surface area contributed by atoms with Crippen molar-refractivity contribution >= 4 is 24.8 Å². The number of imidazole rings is 1. The summed E-state index contributed by atoms with van der Waals surface area (Å²) in [7, 11) is -4.91. The Kier molecular flexibility index (Phi) is 4.06. The fraction of sp³-hybridized carbons (Fsp3) is 0.500. The van der Waals surface area contributed by atoms with Crippen LogP contribution >= 0.6 is 7.82 Å². The highest BCUT2D eigenvalue weighted by atomic mass is 31.2. The molecule has 0 spiro atoms. The average Bonchev–Trinajstić information content (AvgIpc) is 3.01. The second-order valence-corrected chi connectivity index (χ2v) is 6.07. The summed E-state index contributed by atoms with van der Waals surface area (Å²) in [6, 6.07) is 0. The Hall–Kier alpha value is -1.66. The maximum absolute atomic E-state index is 11.1. The first-order chi connectivity index (χ1) is 10.8. The monoisotopic (exact) mass is 347 g/mol. The molecule has 2 aromatic heterocycles. The first kappa shape index (κ1) is 16.2. The maximum atomic E-state index is 11.1. The number of rotatable bonds is 4. The van der Waals surface area contributed by atoms with Crippen molar-refractivity contribution in [2.24, 2.45) is 0 Å². The van der Waals surface area contributed by atoms with Gasteiger partial charge in [0.05, 0.1) is 12.9 Å². The van der Waals surface area contributed by atoms with Crippen LogP contribution in [0.2, 0.25) is 0 Å². The molecule has 13 heteroatoms. The van der Waals surface area contributed by atoms with Crippen molar-refractivity contribution in [3.8, 4) is 0 Å². The van der Waals surface area contributed by atoms with Crippen LogP contribution in [-0.4, -0.2) is 64.4 Å². The van der Waals surface area contributed by atoms with Gasteiger partial charge in [-0.1, -0.05) is 0 Å². The second kappa shape index (κ2) is 5.76. The van der Waals surface area contributed by atoms with E-state index in [1.807, 2.05) is 0 Å². The van der Waals surface area contributed by atoms with Crippen LogP contribution in [0.25, 0.3) is 11.2 Å². The van der Waals surface area contributed by atoms with Gasteiger partial charge in [0.2, 0.25) is 0 Å². The summed E-state index contributed by atoms with van der Waals surface area (Å²) in [5, 5.41) is 19.3. The number of nitrogen functional groups attached to an aromatic ring is 1. The smallest absolute Gasteiger partial charge is 0.394 e. The zero-order valence-electron chi connectivity index (χ0n) is 11.5. The largest absolute Gasteiger partial charge is 0.470 e. The molecule has 0 aromatic carbocycles. The van der Waals surface area contributed by atoms with Crippen LogP contribution in [0.15, 0.2) is 12.7 Å². The number of aromatic nitrogens is 4. The number of anilines is 1. The SMILES string of the molecule is Nc1ncnc2c1ncn2[C@@H]1O[C@H](CO)C(O)C1OP(=O)(O)O. The van der Waals surface area contributed by atoms with E-state index in [1.54, 1.807) is 0 Å². The Morgan fingerprint density at radius 3 is 2.78 bits per heavy atom. The number of aliphatic hydroxyl groups is 2. The van der Waals surface area contributed by atoms with Gasteiger partial charge in [-0.3, -0.25) is 9.09 Å². The van der Waals surface area contributed by atoms with Crippen LogP contribution < -0.4 is 5.73 Å². The standard InChI is InChI=1S/C10H14N5O7P/c11-8-5-9(13-2-12-8)15(3-14-5)10-7(22-23(18,19)20)6(17)4(1-16)21-10/h2-4,6-7,10,16-17H,1H2,(H2,11,12,13)(H2,18,19,20)/t4-,6?,7?,10-/m1/s1. The third-order valence-electron chi connectivity index (χ3n) is 3.41. The van der Waals surface area contributed by atoms with Crippen LogP contribution in [0, 0.1) is 0 Å². The average molecular weight is 347 g/mol. The highest BCUT2D eigenvalue weighted by molar-refractivity contribution is 7.46. The quantitative estimate of drug-likeness (QED) is 0.390. The molecule has 23 heavy (non-hydrogen) atoms. The summed E-state index contributed by atoms with van der Waals surface area (Å²) in [4.78, 5) is 29.8. The minimum absolute atomic E-state index is 0.110. The van der Waals surface area contributed by atoms with Gasteiger partial charge in [0.1, 0.15) is 30.2 Å². The highest BCUT2D eigenvalue weighted by Crippen LogP contribution is 2.45. The maximum Gasteiger partial charge on any atom is 0.470 e.